The van der Waals surface area contributed by atoms with E-state index in [0.29, 0.717) is 12.3 Å². The zero-order valence-electron chi connectivity index (χ0n) is 18.0. The van der Waals surface area contributed by atoms with Crippen LogP contribution in [0.2, 0.25) is 0 Å². The minimum atomic E-state index is -0.978. The number of carboxylic acids is 1. The molecule has 0 fully saturated rings. The molecule has 162 valence electrons. The van der Waals surface area contributed by atoms with Crippen LogP contribution in [0.25, 0.3) is 0 Å². The molecule has 4 N–H and O–H groups in total. The van der Waals surface area contributed by atoms with Gasteiger partial charge in [-0.1, -0.05) is 34.1 Å². The van der Waals surface area contributed by atoms with Crippen LogP contribution in [0.15, 0.2) is 0 Å². The Morgan fingerprint density at radius 3 is 1.89 bits per heavy atom. The first-order chi connectivity index (χ1) is 12.9. The minimum absolute atomic E-state index is 0.0776. The zero-order chi connectivity index (χ0) is 21.9. The molecule has 8 heteroatoms. The fraction of sp³-hybridized carbons (Fsp3) is 0.800. The lowest BCUT2D eigenvalue weighted by Crippen LogP contribution is -2.46. The summed E-state index contributed by atoms with van der Waals surface area (Å²) in [6, 6.07) is -1.08. The number of carbonyl (C=O) groups is 4. The molecule has 0 heterocycles. The summed E-state index contributed by atoms with van der Waals surface area (Å²) < 4.78 is 0. The van der Waals surface area contributed by atoms with Crippen molar-refractivity contribution in [2.24, 2.45) is 11.8 Å². The van der Waals surface area contributed by atoms with Gasteiger partial charge in [-0.25, -0.2) is 0 Å². The molecule has 0 aromatic rings. The molecular formula is C20H37N3O5. The molecule has 0 saturated carbocycles. The van der Waals surface area contributed by atoms with Crippen LogP contribution < -0.4 is 16.0 Å². The van der Waals surface area contributed by atoms with E-state index in [0.717, 1.165) is 6.42 Å². The number of amides is 3. The summed E-state index contributed by atoms with van der Waals surface area (Å²) in [6.07, 6.45) is 1.55. The third-order valence-corrected chi connectivity index (χ3v) is 4.57. The van der Waals surface area contributed by atoms with Gasteiger partial charge < -0.3 is 21.1 Å². The number of rotatable bonds is 13. The highest BCUT2D eigenvalue weighted by Crippen LogP contribution is 2.13. The van der Waals surface area contributed by atoms with E-state index >= 15 is 0 Å². The predicted molar refractivity (Wildman–Crippen MR) is 108 cm³/mol. The monoisotopic (exact) mass is 399 g/mol. The highest BCUT2D eigenvalue weighted by molar-refractivity contribution is 5.81. The molecule has 0 bridgehead atoms. The van der Waals surface area contributed by atoms with E-state index in [9.17, 15) is 19.2 Å². The number of carbonyl (C=O) groups excluding carboxylic acids is 3. The zero-order valence-corrected chi connectivity index (χ0v) is 18.0. The van der Waals surface area contributed by atoms with Gasteiger partial charge in [-0.05, 0) is 25.2 Å². The van der Waals surface area contributed by atoms with E-state index < -0.39 is 12.0 Å². The van der Waals surface area contributed by atoms with Gasteiger partial charge in [0.15, 0.2) is 0 Å². The molecule has 8 nitrogen and oxygen atoms in total. The molecule has 0 saturated heterocycles. The van der Waals surface area contributed by atoms with Crippen molar-refractivity contribution >= 4 is 23.7 Å². The Labute approximate surface area is 168 Å². The molecule has 0 aliphatic carbocycles. The van der Waals surface area contributed by atoms with Gasteiger partial charge >= 0.3 is 5.97 Å². The standard InChI is InChI=1S/C20H37N3O5/c1-7-13(4)17(11-19(26)21-14(5)9-20(27)28)23-18(25)10-16(8-12(2)3)22-15(6)24/h12-14,16-17H,7-11H2,1-6H3,(H,21,26)(H,22,24)(H,23,25)(H,27,28)/t13?,14-,16-,17+/m0/s1. The van der Waals surface area contributed by atoms with Crippen LogP contribution in [-0.4, -0.2) is 46.9 Å². The average Bonchev–Trinajstić information content (AvgIpc) is 2.50. The first-order valence-electron chi connectivity index (χ1n) is 10.0. The molecule has 0 rings (SSSR count). The number of aliphatic carboxylic acids is 1. The number of hydrogen-bond donors (Lipinski definition) is 4. The Kier molecular flexibility index (Phi) is 12.1. The van der Waals surface area contributed by atoms with Gasteiger partial charge in [0.25, 0.3) is 0 Å². The summed E-state index contributed by atoms with van der Waals surface area (Å²) in [6.45, 7) is 11.0. The van der Waals surface area contributed by atoms with Gasteiger partial charge in [-0.3, -0.25) is 19.2 Å². The highest BCUT2D eigenvalue weighted by Gasteiger charge is 2.24. The van der Waals surface area contributed by atoms with Crippen molar-refractivity contribution in [3.05, 3.63) is 0 Å². The molecule has 0 spiro atoms. The SMILES string of the molecule is CCC(C)[C@@H](CC(=O)N[C@@H](C)CC(=O)O)NC(=O)C[C@H](CC(C)C)NC(C)=O. The summed E-state index contributed by atoms with van der Waals surface area (Å²) in [4.78, 5) is 46.9. The Bertz CT molecular complexity index is 536. The van der Waals surface area contributed by atoms with Crippen LogP contribution >= 0.6 is 0 Å². The van der Waals surface area contributed by atoms with Gasteiger partial charge in [0.1, 0.15) is 0 Å². The minimum Gasteiger partial charge on any atom is -0.481 e. The van der Waals surface area contributed by atoms with Crippen LogP contribution in [0.4, 0.5) is 0 Å². The maximum atomic E-state index is 12.5. The first kappa shape index (κ1) is 25.9. The normalized spacial score (nSPS) is 15.2. The Balaban J connectivity index is 4.88. The second kappa shape index (κ2) is 13.1. The summed E-state index contributed by atoms with van der Waals surface area (Å²) >= 11 is 0. The topological polar surface area (TPSA) is 125 Å². The van der Waals surface area contributed by atoms with Gasteiger partial charge in [-0.2, -0.15) is 0 Å². The highest BCUT2D eigenvalue weighted by atomic mass is 16.4. The van der Waals surface area contributed by atoms with E-state index in [1.54, 1.807) is 6.92 Å². The summed E-state index contributed by atoms with van der Waals surface area (Å²) in [7, 11) is 0. The molecular weight excluding hydrogens is 362 g/mol. The molecule has 28 heavy (non-hydrogen) atoms. The van der Waals surface area contributed by atoms with E-state index in [2.05, 4.69) is 16.0 Å². The van der Waals surface area contributed by atoms with Crippen molar-refractivity contribution < 1.29 is 24.3 Å². The number of carboxylic acid groups (broad SMARTS) is 1. The summed E-state index contributed by atoms with van der Waals surface area (Å²) in [5.41, 5.74) is 0. The van der Waals surface area contributed by atoms with Crippen molar-refractivity contribution in [2.45, 2.75) is 91.8 Å². The lowest BCUT2D eigenvalue weighted by molar-refractivity contribution is -0.137. The lowest BCUT2D eigenvalue weighted by atomic mass is 9.94. The Morgan fingerprint density at radius 1 is 0.857 bits per heavy atom. The van der Waals surface area contributed by atoms with Gasteiger partial charge in [0.05, 0.1) is 6.42 Å². The Hall–Kier alpha value is -2.12. The van der Waals surface area contributed by atoms with Crippen molar-refractivity contribution in [1.29, 1.82) is 0 Å². The fourth-order valence-corrected chi connectivity index (χ4v) is 3.06. The van der Waals surface area contributed by atoms with E-state index in [-0.39, 0.29) is 55.0 Å². The van der Waals surface area contributed by atoms with Crippen molar-refractivity contribution in [3.8, 4) is 0 Å². The average molecular weight is 400 g/mol. The quantitative estimate of drug-likeness (QED) is 0.376. The number of nitrogens with one attached hydrogen (secondary N) is 3. The Morgan fingerprint density at radius 2 is 1.43 bits per heavy atom. The first-order valence-corrected chi connectivity index (χ1v) is 10.0. The van der Waals surface area contributed by atoms with Crippen molar-refractivity contribution in [1.82, 2.24) is 16.0 Å². The second-order valence-corrected chi connectivity index (χ2v) is 8.06. The maximum Gasteiger partial charge on any atom is 0.305 e. The molecule has 0 radical (unpaired) electrons. The largest absolute Gasteiger partial charge is 0.481 e. The van der Waals surface area contributed by atoms with Crippen molar-refractivity contribution in [2.75, 3.05) is 0 Å². The molecule has 3 amide bonds. The smallest absolute Gasteiger partial charge is 0.305 e. The van der Waals surface area contributed by atoms with Crippen molar-refractivity contribution in [3.63, 3.8) is 0 Å². The third-order valence-electron chi connectivity index (χ3n) is 4.57. The molecule has 1 unspecified atom stereocenters. The van der Waals surface area contributed by atoms with Crippen LogP contribution in [-0.2, 0) is 19.2 Å². The second-order valence-electron chi connectivity index (χ2n) is 8.06. The maximum absolute atomic E-state index is 12.5. The van der Waals surface area contributed by atoms with Gasteiger partial charge in [-0.15, -0.1) is 0 Å². The number of hydrogen-bond acceptors (Lipinski definition) is 4. The van der Waals surface area contributed by atoms with Crippen LogP contribution in [0, 0.1) is 11.8 Å². The van der Waals surface area contributed by atoms with E-state index in [1.165, 1.54) is 6.92 Å². The van der Waals surface area contributed by atoms with Gasteiger partial charge in [0.2, 0.25) is 17.7 Å². The third kappa shape index (κ3) is 12.3. The molecule has 4 atom stereocenters. The van der Waals surface area contributed by atoms with Crippen LogP contribution in [0.1, 0.15) is 73.6 Å². The molecule has 0 aliphatic rings. The van der Waals surface area contributed by atoms with E-state index in [1.807, 2.05) is 27.7 Å². The lowest BCUT2D eigenvalue weighted by Gasteiger charge is -2.26. The predicted octanol–water partition coefficient (Wildman–Crippen LogP) is 1.83. The summed E-state index contributed by atoms with van der Waals surface area (Å²) in [5, 5.41) is 17.2. The molecule has 0 aromatic heterocycles. The van der Waals surface area contributed by atoms with E-state index in [4.69, 9.17) is 5.11 Å². The molecule has 0 aliphatic heterocycles. The van der Waals surface area contributed by atoms with Crippen LogP contribution in [0.3, 0.4) is 0 Å². The fourth-order valence-electron chi connectivity index (χ4n) is 3.06. The summed E-state index contributed by atoms with van der Waals surface area (Å²) in [5.74, 6) is -1.25. The van der Waals surface area contributed by atoms with Gasteiger partial charge in [0, 0.05) is 37.9 Å². The molecule has 0 aromatic carbocycles. The van der Waals surface area contributed by atoms with Crippen LogP contribution in [0.5, 0.6) is 0 Å².